The first-order chi connectivity index (χ1) is 6.92. The van der Waals surface area contributed by atoms with Gasteiger partial charge >= 0.3 is 0 Å². The highest BCUT2D eigenvalue weighted by Gasteiger charge is 2.21. The van der Waals surface area contributed by atoms with Gasteiger partial charge in [0.15, 0.2) is 0 Å². The number of aromatic nitrogens is 1. The van der Waals surface area contributed by atoms with Gasteiger partial charge in [0.05, 0.1) is 0 Å². The lowest BCUT2D eigenvalue weighted by Crippen LogP contribution is -2.43. The van der Waals surface area contributed by atoms with Crippen LogP contribution in [0.15, 0.2) is 18.2 Å². The molecule has 1 aromatic rings. The Labute approximate surface area is 89.9 Å². The smallest absolute Gasteiger partial charge is 0.216 e. The third-order valence-corrected chi connectivity index (χ3v) is 2.47. The topological polar surface area (TPSA) is 25.4 Å². The summed E-state index contributed by atoms with van der Waals surface area (Å²) in [5, 5.41) is 0. The maximum atomic E-state index is 12.7. The highest BCUT2D eigenvalue weighted by Crippen LogP contribution is 2.13. The third-order valence-electron chi connectivity index (χ3n) is 2.47. The molecule has 0 fully saturated rings. The summed E-state index contributed by atoms with van der Waals surface area (Å²) < 4.78 is 18.2. The van der Waals surface area contributed by atoms with E-state index in [4.69, 9.17) is 4.74 Å². The molecule has 1 aromatic heterocycles. The second kappa shape index (κ2) is 4.57. The van der Waals surface area contributed by atoms with Crippen molar-refractivity contribution in [3.05, 3.63) is 24.1 Å². The van der Waals surface area contributed by atoms with E-state index < -0.39 is 5.95 Å². The molecule has 0 aliphatic rings. The summed E-state index contributed by atoms with van der Waals surface area (Å²) in [6.45, 7) is 4.56. The van der Waals surface area contributed by atoms with Crippen LogP contribution in [0.3, 0.4) is 0 Å². The van der Waals surface area contributed by atoms with Crippen molar-refractivity contribution in [1.82, 2.24) is 9.88 Å². The van der Waals surface area contributed by atoms with Crippen LogP contribution in [0.1, 0.15) is 13.8 Å². The van der Waals surface area contributed by atoms with Gasteiger partial charge in [0, 0.05) is 11.6 Å². The highest BCUT2D eigenvalue weighted by molar-refractivity contribution is 5.10. The average molecular weight is 212 g/mol. The standard InChI is InChI=1S/C11H17FN2O/c1-11(2,14(3)4)8-15-10-7-5-6-9(12)13-10/h5-7H,8H2,1-4H3. The highest BCUT2D eigenvalue weighted by atomic mass is 19.1. The number of nitrogens with zero attached hydrogens (tertiary/aromatic N) is 2. The Bertz CT molecular complexity index is 326. The van der Waals surface area contributed by atoms with Crippen molar-refractivity contribution in [2.45, 2.75) is 19.4 Å². The van der Waals surface area contributed by atoms with Crippen molar-refractivity contribution in [3.8, 4) is 5.88 Å². The molecule has 0 saturated heterocycles. The number of likely N-dealkylation sites (N-methyl/N-ethyl adjacent to an activating group) is 1. The number of hydrogen-bond donors (Lipinski definition) is 0. The molecule has 0 aliphatic heterocycles. The third kappa shape index (κ3) is 3.47. The monoisotopic (exact) mass is 212 g/mol. The van der Waals surface area contributed by atoms with E-state index in [9.17, 15) is 4.39 Å². The zero-order valence-electron chi connectivity index (χ0n) is 9.62. The first-order valence-corrected chi connectivity index (χ1v) is 4.84. The maximum absolute atomic E-state index is 12.7. The molecule has 3 nitrogen and oxygen atoms in total. The number of rotatable bonds is 4. The quantitative estimate of drug-likeness (QED) is 0.713. The first kappa shape index (κ1) is 11.9. The van der Waals surface area contributed by atoms with Gasteiger partial charge in [-0.2, -0.15) is 9.37 Å². The van der Waals surface area contributed by atoms with Crippen LogP contribution < -0.4 is 4.74 Å². The molecule has 0 amide bonds. The van der Waals surface area contributed by atoms with Gasteiger partial charge in [-0.25, -0.2) is 0 Å². The molecule has 4 heteroatoms. The summed E-state index contributed by atoms with van der Waals surface area (Å²) in [6.07, 6.45) is 0. The second-order valence-electron chi connectivity index (χ2n) is 4.29. The van der Waals surface area contributed by atoms with Crippen molar-refractivity contribution < 1.29 is 9.13 Å². The number of halogens is 1. The minimum Gasteiger partial charge on any atom is -0.476 e. The number of hydrogen-bond acceptors (Lipinski definition) is 3. The van der Waals surface area contributed by atoms with Crippen LogP contribution in [0.4, 0.5) is 4.39 Å². The second-order valence-corrected chi connectivity index (χ2v) is 4.29. The van der Waals surface area contributed by atoms with Crippen molar-refractivity contribution in [1.29, 1.82) is 0 Å². The van der Waals surface area contributed by atoms with E-state index in [1.165, 1.54) is 6.07 Å². The number of ether oxygens (including phenoxy) is 1. The molecule has 0 radical (unpaired) electrons. The van der Waals surface area contributed by atoms with Gasteiger partial charge in [-0.3, -0.25) is 0 Å². The summed E-state index contributed by atoms with van der Waals surface area (Å²) in [5.74, 6) is -0.194. The van der Waals surface area contributed by atoms with Gasteiger partial charge in [0.2, 0.25) is 11.8 Å². The summed E-state index contributed by atoms with van der Waals surface area (Å²) in [4.78, 5) is 5.68. The van der Waals surface area contributed by atoms with E-state index in [1.807, 2.05) is 32.8 Å². The molecule has 0 N–H and O–H groups in total. The predicted molar refractivity (Wildman–Crippen MR) is 57.5 cm³/mol. The predicted octanol–water partition coefficient (Wildman–Crippen LogP) is 1.94. The van der Waals surface area contributed by atoms with Gasteiger partial charge in [-0.15, -0.1) is 0 Å². The van der Waals surface area contributed by atoms with Gasteiger partial charge in [-0.05, 0) is 34.0 Å². The van der Waals surface area contributed by atoms with Crippen molar-refractivity contribution >= 4 is 0 Å². The van der Waals surface area contributed by atoms with Gasteiger partial charge < -0.3 is 9.64 Å². The van der Waals surface area contributed by atoms with Crippen LogP contribution >= 0.6 is 0 Å². The fourth-order valence-electron chi connectivity index (χ4n) is 0.850. The van der Waals surface area contributed by atoms with E-state index in [1.54, 1.807) is 12.1 Å². The molecule has 0 spiro atoms. The van der Waals surface area contributed by atoms with Gasteiger partial charge in [0.25, 0.3) is 0 Å². The van der Waals surface area contributed by atoms with Crippen LogP contribution in [0.5, 0.6) is 5.88 Å². The molecule has 0 bridgehead atoms. The molecule has 15 heavy (non-hydrogen) atoms. The minimum absolute atomic E-state index is 0.103. The summed E-state index contributed by atoms with van der Waals surface area (Å²) in [6, 6.07) is 4.53. The fourth-order valence-corrected chi connectivity index (χ4v) is 0.850. The maximum Gasteiger partial charge on any atom is 0.216 e. The van der Waals surface area contributed by atoms with Crippen LogP contribution in [0.25, 0.3) is 0 Å². The number of pyridine rings is 1. The largest absolute Gasteiger partial charge is 0.476 e. The Morgan fingerprint density at radius 3 is 2.60 bits per heavy atom. The molecular weight excluding hydrogens is 195 g/mol. The molecule has 1 rings (SSSR count). The molecule has 1 heterocycles. The molecule has 0 saturated carbocycles. The summed E-state index contributed by atoms with van der Waals surface area (Å²) in [5.41, 5.74) is -0.103. The van der Waals surface area contributed by atoms with Gasteiger partial charge in [-0.1, -0.05) is 6.07 Å². The van der Waals surface area contributed by atoms with Crippen LogP contribution in [-0.2, 0) is 0 Å². The molecule has 0 aliphatic carbocycles. The Hall–Kier alpha value is -1.16. The lowest BCUT2D eigenvalue weighted by atomic mass is 10.1. The lowest BCUT2D eigenvalue weighted by molar-refractivity contribution is 0.110. The van der Waals surface area contributed by atoms with E-state index in [-0.39, 0.29) is 5.54 Å². The van der Waals surface area contributed by atoms with Crippen LogP contribution in [-0.4, -0.2) is 36.1 Å². The lowest BCUT2D eigenvalue weighted by Gasteiger charge is -2.31. The van der Waals surface area contributed by atoms with Crippen LogP contribution in [0.2, 0.25) is 0 Å². The van der Waals surface area contributed by atoms with Gasteiger partial charge in [0.1, 0.15) is 6.61 Å². The minimum atomic E-state index is -0.518. The van der Waals surface area contributed by atoms with E-state index in [0.717, 1.165) is 0 Å². The molecular formula is C11H17FN2O. The Kier molecular flexibility index (Phi) is 3.63. The van der Waals surface area contributed by atoms with E-state index >= 15 is 0 Å². The Morgan fingerprint density at radius 2 is 2.07 bits per heavy atom. The first-order valence-electron chi connectivity index (χ1n) is 4.84. The van der Waals surface area contributed by atoms with Crippen molar-refractivity contribution in [3.63, 3.8) is 0 Å². The van der Waals surface area contributed by atoms with E-state index in [2.05, 4.69) is 4.98 Å². The molecule has 0 unspecified atom stereocenters. The molecule has 84 valence electrons. The van der Waals surface area contributed by atoms with Crippen molar-refractivity contribution in [2.24, 2.45) is 0 Å². The SMILES string of the molecule is CN(C)C(C)(C)COc1cccc(F)n1. The van der Waals surface area contributed by atoms with E-state index in [0.29, 0.717) is 12.5 Å². The van der Waals surface area contributed by atoms with Crippen LogP contribution in [0, 0.1) is 5.95 Å². The fraction of sp³-hybridized carbons (Fsp3) is 0.545. The molecule has 0 atom stereocenters. The zero-order valence-corrected chi connectivity index (χ0v) is 9.62. The summed E-state index contributed by atoms with van der Waals surface area (Å²) in [7, 11) is 3.95. The summed E-state index contributed by atoms with van der Waals surface area (Å²) >= 11 is 0. The average Bonchev–Trinajstić information content (AvgIpc) is 2.15. The Balaban J connectivity index is 2.57. The zero-order chi connectivity index (χ0) is 11.5. The molecule has 0 aromatic carbocycles. The van der Waals surface area contributed by atoms with Crippen molar-refractivity contribution in [2.75, 3.05) is 20.7 Å². The normalized spacial score (nSPS) is 11.9. The Morgan fingerprint density at radius 1 is 1.40 bits per heavy atom.